The Kier molecular flexibility index (Phi) is 4.64. The molecule has 28 heavy (non-hydrogen) atoms. The number of aromatic nitrogens is 1. The third-order valence-electron chi connectivity index (χ3n) is 4.71. The van der Waals surface area contributed by atoms with Gasteiger partial charge in [-0.25, -0.2) is 8.42 Å². The molecule has 0 saturated heterocycles. The van der Waals surface area contributed by atoms with E-state index in [1.807, 2.05) is 41.9 Å². The zero-order valence-corrected chi connectivity index (χ0v) is 16.2. The van der Waals surface area contributed by atoms with Crippen LogP contribution in [0.3, 0.4) is 0 Å². The van der Waals surface area contributed by atoms with E-state index >= 15 is 0 Å². The second-order valence-electron chi connectivity index (χ2n) is 6.67. The molecule has 1 aliphatic heterocycles. The number of hydrogen-bond donors (Lipinski definition) is 2. The summed E-state index contributed by atoms with van der Waals surface area (Å²) in [5.74, 6) is 0.173. The van der Waals surface area contributed by atoms with Crippen molar-refractivity contribution >= 4 is 38.4 Å². The zero-order chi connectivity index (χ0) is 19.7. The molecular weight excluding hydrogens is 376 g/mol. The number of nitrogens with one attached hydrogen (secondary N) is 2. The monoisotopic (exact) mass is 396 g/mol. The number of amides is 1. The van der Waals surface area contributed by atoms with Crippen molar-refractivity contribution in [2.24, 2.45) is 12.0 Å². The summed E-state index contributed by atoms with van der Waals surface area (Å²) >= 11 is 0. The summed E-state index contributed by atoms with van der Waals surface area (Å²) in [6.07, 6.45) is 1.47. The minimum Gasteiger partial charge on any atom is -0.340 e. The summed E-state index contributed by atoms with van der Waals surface area (Å²) in [5.41, 5.74) is 1.85. The number of para-hydroxylation sites is 1. The summed E-state index contributed by atoms with van der Waals surface area (Å²) in [6, 6.07) is 15.7. The van der Waals surface area contributed by atoms with Crippen molar-refractivity contribution in [1.82, 2.24) is 9.29 Å². The van der Waals surface area contributed by atoms with E-state index in [2.05, 4.69) is 15.0 Å². The summed E-state index contributed by atoms with van der Waals surface area (Å²) in [5, 5.41) is 3.75. The van der Waals surface area contributed by atoms with Crippen LogP contribution in [-0.2, 0) is 17.1 Å². The normalized spacial score (nSPS) is 14.1. The Labute approximate surface area is 163 Å². The second-order valence-corrected chi connectivity index (χ2v) is 8.35. The van der Waals surface area contributed by atoms with Crippen LogP contribution >= 0.6 is 0 Å². The van der Waals surface area contributed by atoms with E-state index in [9.17, 15) is 13.2 Å². The van der Waals surface area contributed by atoms with Crippen molar-refractivity contribution in [3.05, 3.63) is 60.3 Å². The van der Waals surface area contributed by atoms with Gasteiger partial charge >= 0.3 is 0 Å². The van der Waals surface area contributed by atoms with Crippen LogP contribution in [0.5, 0.6) is 0 Å². The first-order chi connectivity index (χ1) is 13.4. The fourth-order valence-electron chi connectivity index (χ4n) is 3.28. The number of benzene rings is 2. The highest BCUT2D eigenvalue weighted by molar-refractivity contribution is 7.90. The predicted molar refractivity (Wildman–Crippen MR) is 109 cm³/mol. The number of carbonyl (C=O) groups excluding carboxylic acids is 1. The van der Waals surface area contributed by atoms with Gasteiger partial charge in [-0.15, -0.1) is 0 Å². The molecule has 0 bridgehead atoms. The summed E-state index contributed by atoms with van der Waals surface area (Å²) in [4.78, 5) is 16.9. The lowest BCUT2D eigenvalue weighted by Gasteiger charge is -2.10. The third-order valence-corrected chi connectivity index (χ3v) is 6.09. The van der Waals surface area contributed by atoms with E-state index in [-0.39, 0.29) is 10.8 Å². The van der Waals surface area contributed by atoms with Gasteiger partial charge in [-0.2, -0.15) is 0 Å². The highest BCUT2D eigenvalue weighted by Gasteiger charge is 2.19. The first kappa shape index (κ1) is 18.2. The van der Waals surface area contributed by atoms with Crippen molar-refractivity contribution in [2.75, 3.05) is 11.9 Å². The molecule has 8 heteroatoms. The first-order valence-electron chi connectivity index (χ1n) is 8.96. The van der Waals surface area contributed by atoms with Crippen molar-refractivity contribution in [2.45, 2.75) is 17.7 Å². The second kappa shape index (κ2) is 7.12. The molecule has 0 saturated carbocycles. The third kappa shape index (κ3) is 3.50. The fourth-order valence-corrected chi connectivity index (χ4v) is 4.41. The van der Waals surface area contributed by atoms with E-state index in [1.54, 1.807) is 12.1 Å². The summed E-state index contributed by atoms with van der Waals surface area (Å²) < 4.78 is 29.4. The number of hydrogen-bond acceptors (Lipinski definition) is 4. The largest absolute Gasteiger partial charge is 0.340 e. The Morgan fingerprint density at radius 1 is 1.11 bits per heavy atom. The number of carbonyl (C=O) groups is 1. The lowest BCUT2D eigenvalue weighted by atomic mass is 10.2. The van der Waals surface area contributed by atoms with Crippen molar-refractivity contribution in [3.8, 4) is 0 Å². The molecule has 2 heterocycles. The Hall–Kier alpha value is -3.13. The van der Waals surface area contributed by atoms with Crippen LogP contribution in [0.15, 0.2) is 64.5 Å². The SMILES string of the molecule is Cn1c(C(=O)Nc2cccc(S(=O)(=O)NC3=NCCC3)c2)cc2ccccc21. The van der Waals surface area contributed by atoms with Crippen LogP contribution in [0, 0.1) is 0 Å². The number of sulfonamides is 1. The molecule has 144 valence electrons. The first-order valence-corrected chi connectivity index (χ1v) is 10.4. The smallest absolute Gasteiger partial charge is 0.272 e. The van der Waals surface area contributed by atoms with Gasteiger partial charge in [0.05, 0.1) is 4.90 Å². The molecular formula is C20H20N4O3S. The lowest BCUT2D eigenvalue weighted by molar-refractivity contribution is 0.101. The molecule has 1 aromatic heterocycles. The van der Waals surface area contributed by atoms with Crippen LogP contribution < -0.4 is 10.0 Å². The molecule has 0 radical (unpaired) electrons. The predicted octanol–water partition coefficient (Wildman–Crippen LogP) is 2.90. The molecule has 0 aliphatic carbocycles. The van der Waals surface area contributed by atoms with E-state index in [1.165, 1.54) is 12.1 Å². The number of anilines is 1. The van der Waals surface area contributed by atoms with Gasteiger partial charge in [-0.05, 0) is 36.8 Å². The van der Waals surface area contributed by atoms with Gasteiger partial charge in [0.25, 0.3) is 15.9 Å². The van der Waals surface area contributed by atoms with E-state index in [0.29, 0.717) is 30.2 Å². The van der Waals surface area contributed by atoms with E-state index < -0.39 is 10.0 Å². The Morgan fingerprint density at radius 2 is 1.93 bits per heavy atom. The summed E-state index contributed by atoms with van der Waals surface area (Å²) in [6.45, 7) is 0.638. The van der Waals surface area contributed by atoms with E-state index in [0.717, 1.165) is 17.3 Å². The Morgan fingerprint density at radius 3 is 2.68 bits per heavy atom. The van der Waals surface area contributed by atoms with Crippen molar-refractivity contribution in [1.29, 1.82) is 0 Å². The topological polar surface area (TPSA) is 92.6 Å². The molecule has 0 fully saturated rings. The molecule has 2 N–H and O–H groups in total. The van der Waals surface area contributed by atoms with Crippen molar-refractivity contribution in [3.63, 3.8) is 0 Å². The standard InChI is InChI=1S/C20H20N4O3S/c1-24-17-9-3-2-6-14(17)12-18(24)20(25)22-15-7-4-8-16(13-15)28(26,27)23-19-10-5-11-21-19/h2-4,6-9,12-13H,5,10-11H2,1H3,(H,21,23)(H,22,25). The molecule has 0 atom stereocenters. The molecule has 1 aliphatic rings. The quantitative estimate of drug-likeness (QED) is 0.710. The number of aliphatic imine (C=N–C) groups is 1. The van der Waals surface area contributed by atoms with Gasteiger partial charge in [-0.3, -0.25) is 14.5 Å². The van der Waals surface area contributed by atoms with Crippen LogP contribution in [0.4, 0.5) is 5.69 Å². The molecule has 0 unspecified atom stereocenters. The van der Waals surface area contributed by atoms with Gasteiger partial charge in [0.2, 0.25) is 0 Å². The minimum atomic E-state index is -3.73. The average molecular weight is 396 g/mol. The number of aryl methyl sites for hydroxylation is 1. The van der Waals surface area contributed by atoms with Crippen molar-refractivity contribution < 1.29 is 13.2 Å². The molecule has 0 spiro atoms. The number of fused-ring (bicyclic) bond motifs is 1. The fraction of sp³-hybridized carbons (Fsp3) is 0.200. The lowest BCUT2D eigenvalue weighted by Crippen LogP contribution is -2.29. The number of rotatable bonds is 4. The molecule has 4 rings (SSSR count). The molecule has 3 aromatic rings. The maximum Gasteiger partial charge on any atom is 0.272 e. The van der Waals surface area contributed by atoms with Crippen LogP contribution in [-0.4, -0.2) is 31.3 Å². The van der Waals surface area contributed by atoms with E-state index in [4.69, 9.17) is 0 Å². The average Bonchev–Trinajstić information content (AvgIpc) is 3.30. The van der Waals surface area contributed by atoms with Crippen LogP contribution in [0.1, 0.15) is 23.3 Å². The van der Waals surface area contributed by atoms with Gasteiger partial charge in [0.1, 0.15) is 11.5 Å². The van der Waals surface area contributed by atoms with Gasteiger partial charge < -0.3 is 9.88 Å². The van der Waals surface area contributed by atoms with Gasteiger partial charge in [0, 0.05) is 36.6 Å². The van der Waals surface area contributed by atoms with Crippen LogP contribution in [0.2, 0.25) is 0 Å². The highest BCUT2D eigenvalue weighted by Crippen LogP contribution is 2.21. The molecule has 1 amide bonds. The van der Waals surface area contributed by atoms with Gasteiger partial charge in [-0.1, -0.05) is 24.3 Å². The summed E-state index contributed by atoms with van der Waals surface area (Å²) in [7, 11) is -1.91. The maximum absolute atomic E-state index is 12.7. The number of nitrogens with zero attached hydrogens (tertiary/aromatic N) is 2. The minimum absolute atomic E-state index is 0.0805. The maximum atomic E-state index is 12.7. The number of amidine groups is 1. The Bertz CT molecular complexity index is 1200. The zero-order valence-electron chi connectivity index (χ0n) is 15.3. The molecule has 7 nitrogen and oxygen atoms in total. The van der Waals surface area contributed by atoms with Crippen LogP contribution in [0.25, 0.3) is 10.9 Å². The molecule has 2 aromatic carbocycles. The Balaban J connectivity index is 1.57. The van der Waals surface area contributed by atoms with Gasteiger partial charge in [0.15, 0.2) is 0 Å². The highest BCUT2D eigenvalue weighted by atomic mass is 32.2.